The van der Waals surface area contributed by atoms with E-state index < -0.39 is 0 Å². The molecular weight excluding hydrogens is 206 g/mol. The zero-order valence-electron chi connectivity index (χ0n) is 9.23. The molecule has 0 radical (unpaired) electrons. The van der Waals surface area contributed by atoms with Crippen LogP contribution >= 0.6 is 11.8 Å². The molecule has 0 aromatic carbocycles. The topological polar surface area (TPSA) is 42.1 Å². The molecule has 4 heteroatoms. The average molecular weight is 223 g/mol. The van der Waals surface area contributed by atoms with Gasteiger partial charge in [0.2, 0.25) is 0 Å². The highest BCUT2D eigenvalue weighted by molar-refractivity contribution is 7.99. The number of anilines is 2. The van der Waals surface area contributed by atoms with Crippen LogP contribution in [0.5, 0.6) is 0 Å². The first-order valence-corrected chi connectivity index (χ1v) is 6.41. The van der Waals surface area contributed by atoms with E-state index in [0.717, 1.165) is 29.5 Å². The average Bonchev–Trinajstić information content (AvgIpc) is 2.23. The lowest BCUT2D eigenvalue weighted by Crippen LogP contribution is -2.41. The van der Waals surface area contributed by atoms with Gasteiger partial charge in [-0.3, -0.25) is 0 Å². The smallest absolute Gasteiger partial charge is 0.152 e. The van der Waals surface area contributed by atoms with Crippen molar-refractivity contribution < 1.29 is 0 Å². The molecule has 1 aromatic heterocycles. The van der Waals surface area contributed by atoms with Gasteiger partial charge in [-0.25, -0.2) is 4.98 Å². The van der Waals surface area contributed by atoms with Crippen molar-refractivity contribution in [3.63, 3.8) is 0 Å². The van der Waals surface area contributed by atoms with Crippen LogP contribution in [0.25, 0.3) is 0 Å². The fourth-order valence-corrected chi connectivity index (χ4v) is 2.84. The summed E-state index contributed by atoms with van der Waals surface area (Å²) in [4.78, 5) is 6.86. The number of aromatic nitrogens is 1. The van der Waals surface area contributed by atoms with Gasteiger partial charge in [0.25, 0.3) is 0 Å². The van der Waals surface area contributed by atoms with E-state index in [2.05, 4.69) is 16.8 Å². The van der Waals surface area contributed by atoms with E-state index in [1.807, 2.05) is 30.8 Å². The minimum atomic E-state index is 0.528. The van der Waals surface area contributed by atoms with Gasteiger partial charge in [-0.05, 0) is 26.0 Å². The minimum Gasteiger partial charge on any atom is -0.396 e. The first-order valence-electron chi connectivity index (χ1n) is 5.26. The summed E-state index contributed by atoms with van der Waals surface area (Å²) in [5.41, 5.74) is 7.79. The maximum absolute atomic E-state index is 5.97. The van der Waals surface area contributed by atoms with Gasteiger partial charge in [0, 0.05) is 29.8 Å². The number of rotatable bonds is 1. The summed E-state index contributed by atoms with van der Waals surface area (Å²) in [6.45, 7) is 5.29. The predicted octanol–water partition coefficient (Wildman–Crippen LogP) is 1.91. The second-order valence-corrected chi connectivity index (χ2v) is 5.13. The lowest BCUT2D eigenvalue weighted by Gasteiger charge is -2.34. The zero-order chi connectivity index (χ0) is 10.8. The molecule has 15 heavy (non-hydrogen) atoms. The monoisotopic (exact) mass is 223 g/mol. The van der Waals surface area contributed by atoms with Gasteiger partial charge in [0.1, 0.15) is 0 Å². The van der Waals surface area contributed by atoms with Crippen molar-refractivity contribution in [1.29, 1.82) is 0 Å². The Balaban J connectivity index is 2.30. The molecule has 1 aromatic rings. The van der Waals surface area contributed by atoms with Gasteiger partial charge in [-0.15, -0.1) is 0 Å². The fraction of sp³-hybridized carbons (Fsp3) is 0.545. The summed E-state index contributed by atoms with van der Waals surface area (Å²) in [6, 6.07) is 4.44. The van der Waals surface area contributed by atoms with E-state index in [4.69, 9.17) is 5.73 Å². The van der Waals surface area contributed by atoms with Gasteiger partial charge in [-0.2, -0.15) is 11.8 Å². The predicted molar refractivity (Wildman–Crippen MR) is 67.5 cm³/mol. The Morgan fingerprint density at radius 2 is 2.33 bits per heavy atom. The van der Waals surface area contributed by atoms with Gasteiger partial charge in [-0.1, -0.05) is 0 Å². The lowest BCUT2D eigenvalue weighted by molar-refractivity contribution is 0.690. The second-order valence-electron chi connectivity index (χ2n) is 3.98. The Kier molecular flexibility index (Phi) is 3.05. The summed E-state index contributed by atoms with van der Waals surface area (Å²) < 4.78 is 0. The molecule has 1 fully saturated rings. The first-order chi connectivity index (χ1) is 7.18. The van der Waals surface area contributed by atoms with E-state index in [1.165, 1.54) is 5.75 Å². The number of hydrogen-bond acceptors (Lipinski definition) is 4. The third-order valence-corrected chi connectivity index (χ3v) is 3.87. The van der Waals surface area contributed by atoms with Crippen LogP contribution in [0.4, 0.5) is 11.5 Å². The molecule has 2 heterocycles. The summed E-state index contributed by atoms with van der Waals surface area (Å²) in [6.07, 6.45) is 0. The van der Waals surface area contributed by atoms with Crippen molar-refractivity contribution in [3.05, 3.63) is 17.8 Å². The Morgan fingerprint density at radius 3 is 3.07 bits per heavy atom. The normalized spacial score (nSPS) is 21.7. The molecule has 0 saturated carbocycles. The third-order valence-electron chi connectivity index (χ3n) is 2.68. The molecule has 0 bridgehead atoms. The van der Waals surface area contributed by atoms with Crippen LogP contribution in [0.2, 0.25) is 0 Å². The van der Waals surface area contributed by atoms with E-state index >= 15 is 0 Å². The highest BCUT2D eigenvalue weighted by Crippen LogP contribution is 2.27. The number of pyridine rings is 1. The number of thioether (sulfide) groups is 1. The number of aryl methyl sites for hydroxylation is 1. The van der Waals surface area contributed by atoms with E-state index in [-0.39, 0.29) is 0 Å². The van der Waals surface area contributed by atoms with Crippen LogP contribution in [-0.4, -0.2) is 29.1 Å². The molecule has 1 unspecified atom stereocenters. The summed E-state index contributed by atoms with van der Waals surface area (Å²) >= 11 is 2.00. The van der Waals surface area contributed by atoms with Crippen LogP contribution in [0.3, 0.4) is 0 Å². The number of hydrogen-bond donors (Lipinski definition) is 1. The molecule has 1 saturated heterocycles. The number of nitrogens with two attached hydrogens (primary N) is 1. The molecule has 1 aliphatic rings. The van der Waals surface area contributed by atoms with Crippen molar-refractivity contribution in [1.82, 2.24) is 4.98 Å². The van der Waals surface area contributed by atoms with Gasteiger partial charge >= 0.3 is 0 Å². The molecule has 0 aliphatic carbocycles. The van der Waals surface area contributed by atoms with Crippen molar-refractivity contribution in [2.45, 2.75) is 19.9 Å². The summed E-state index contributed by atoms with van der Waals surface area (Å²) in [5, 5.41) is 0. The molecule has 1 aliphatic heterocycles. The Bertz CT molecular complexity index is 354. The Hall–Kier alpha value is -0.900. The quantitative estimate of drug-likeness (QED) is 0.790. The molecule has 1 atom stereocenters. The molecule has 2 rings (SSSR count). The highest BCUT2D eigenvalue weighted by Gasteiger charge is 2.21. The Labute approximate surface area is 95.1 Å². The van der Waals surface area contributed by atoms with Crippen molar-refractivity contribution >= 4 is 23.3 Å². The summed E-state index contributed by atoms with van der Waals surface area (Å²) in [5.74, 6) is 3.29. The van der Waals surface area contributed by atoms with Gasteiger partial charge < -0.3 is 10.6 Å². The highest BCUT2D eigenvalue weighted by atomic mass is 32.2. The maximum atomic E-state index is 5.97. The van der Waals surface area contributed by atoms with Crippen molar-refractivity contribution in [2.24, 2.45) is 0 Å². The number of nitrogens with zero attached hydrogens (tertiary/aromatic N) is 2. The molecular formula is C11H17N3S. The van der Waals surface area contributed by atoms with Crippen LogP contribution in [0.1, 0.15) is 12.6 Å². The SMILES string of the molecule is Cc1ccc(N)c(N2CCSCC2C)n1. The Morgan fingerprint density at radius 1 is 1.53 bits per heavy atom. The first kappa shape index (κ1) is 10.6. The standard InChI is InChI=1S/C11H17N3S/c1-8-3-4-10(12)11(13-8)14-5-6-15-7-9(14)2/h3-4,9H,5-7,12H2,1-2H3. The van der Waals surface area contributed by atoms with Crippen LogP contribution < -0.4 is 10.6 Å². The van der Waals surface area contributed by atoms with Gasteiger partial charge in [0.05, 0.1) is 5.69 Å². The third kappa shape index (κ3) is 2.20. The van der Waals surface area contributed by atoms with Gasteiger partial charge in [0.15, 0.2) is 5.82 Å². The molecule has 0 spiro atoms. The largest absolute Gasteiger partial charge is 0.396 e. The maximum Gasteiger partial charge on any atom is 0.152 e. The lowest BCUT2D eigenvalue weighted by atomic mass is 10.2. The van der Waals surface area contributed by atoms with Crippen LogP contribution in [-0.2, 0) is 0 Å². The second kappa shape index (κ2) is 4.31. The molecule has 82 valence electrons. The minimum absolute atomic E-state index is 0.528. The van der Waals surface area contributed by atoms with Crippen molar-refractivity contribution in [2.75, 3.05) is 28.7 Å². The van der Waals surface area contributed by atoms with E-state index in [0.29, 0.717) is 6.04 Å². The van der Waals surface area contributed by atoms with Crippen LogP contribution in [0.15, 0.2) is 12.1 Å². The molecule has 2 N–H and O–H groups in total. The summed E-state index contributed by atoms with van der Waals surface area (Å²) in [7, 11) is 0. The van der Waals surface area contributed by atoms with E-state index in [1.54, 1.807) is 0 Å². The number of nitrogen functional groups attached to an aromatic ring is 1. The van der Waals surface area contributed by atoms with Crippen molar-refractivity contribution in [3.8, 4) is 0 Å². The molecule has 3 nitrogen and oxygen atoms in total. The zero-order valence-corrected chi connectivity index (χ0v) is 10.0. The molecule has 0 amide bonds. The fourth-order valence-electron chi connectivity index (χ4n) is 1.83. The van der Waals surface area contributed by atoms with E-state index in [9.17, 15) is 0 Å². The van der Waals surface area contributed by atoms with Crippen LogP contribution in [0, 0.1) is 6.92 Å².